The van der Waals surface area contributed by atoms with Crippen LogP contribution in [0.3, 0.4) is 0 Å². The molecule has 0 radical (unpaired) electrons. The average Bonchev–Trinajstić information content (AvgIpc) is 2.82. The van der Waals surface area contributed by atoms with Crippen molar-refractivity contribution in [1.29, 1.82) is 0 Å². The Morgan fingerprint density at radius 1 is 1.12 bits per heavy atom. The molecule has 2 aromatic heterocycles. The van der Waals surface area contributed by atoms with Crippen LogP contribution in [-0.2, 0) is 16.0 Å². The van der Waals surface area contributed by atoms with Crippen molar-refractivity contribution in [2.24, 2.45) is 0 Å². The number of rotatable bonds is 6. The third-order valence-corrected chi connectivity index (χ3v) is 5.77. The van der Waals surface area contributed by atoms with Gasteiger partial charge in [0.1, 0.15) is 10.9 Å². The molecule has 0 bridgehead atoms. The predicted molar refractivity (Wildman–Crippen MR) is 127 cm³/mol. The van der Waals surface area contributed by atoms with Crippen molar-refractivity contribution in [3.05, 3.63) is 89.5 Å². The van der Waals surface area contributed by atoms with Gasteiger partial charge in [-0.1, -0.05) is 23.7 Å². The zero-order chi connectivity index (χ0) is 24.6. The number of nitrogens with one attached hydrogen (secondary N) is 3. The number of nitrogens with zero attached hydrogens (tertiary/aromatic N) is 1. The van der Waals surface area contributed by atoms with E-state index in [2.05, 4.69) is 15.4 Å². The Kier molecular flexibility index (Phi) is 6.13. The average molecular weight is 485 g/mol. The number of pyridine rings is 1. The van der Waals surface area contributed by atoms with Gasteiger partial charge in [0.05, 0.1) is 12.1 Å². The van der Waals surface area contributed by atoms with Crippen LogP contribution in [0.5, 0.6) is 0 Å². The summed E-state index contributed by atoms with van der Waals surface area (Å²) >= 11 is 5.98. The molecule has 0 aliphatic rings. The molecule has 34 heavy (non-hydrogen) atoms. The quantitative estimate of drug-likeness (QED) is 0.283. The SMILES string of the molecule is COC(C)(NC(=O)c1cccc(Cn2[nH]c(=O)c3[nH]c4cc(Cl)ccc4c(=O)c3c2=O)c1)OC. The first-order chi connectivity index (χ1) is 16.2. The zero-order valence-electron chi connectivity index (χ0n) is 18.5. The number of amides is 1. The van der Waals surface area contributed by atoms with Gasteiger partial charge < -0.3 is 19.8 Å². The normalized spacial score (nSPS) is 11.8. The Morgan fingerprint density at radius 3 is 2.56 bits per heavy atom. The number of hydrogen-bond acceptors (Lipinski definition) is 6. The highest BCUT2D eigenvalue weighted by Crippen LogP contribution is 2.16. The standard InChI is InChI=1S/C23H21ClN4O6/c1-23(33-2,34-3)26-20(30)13-6-4-5-12(9-13)11-28-22(32)17-18(21(31)27-28)25-16-10-14(24)7-8-15(16)19(17)29/h4-10H,11H2,1-3H3,(H,25,29)(H,26,30)(H,27,31). The van der Waals surface area contributed by atoms with E-state index in [1.165, 1.54) is 32.4 Å². The molecule has 4 aromatic rings. The van der Waals surface area contributed by atoms with E-state index < -0.39 is 28.4 Å². The van der Waals surface area contributed by atoms with Crippen molar-refractivity contribution in [3.63, 3.8) is 0 Å². The van der Waals surface area contributed by atoms with E-state index in [1.54, 1.807) is 31.2 Å². The lowest BCUT2D eigenvalue weighted by molar-refractivity contribution is -0.206. The maximum Gasteiger partial charge on any atom is 0.287 e. The van der Waals surface area contributed by atoms with Gasteiger partial charge in [-0.05, 0) is 35.9 Å². The summed E-state index contributed by atoms with van der Waals surface area (Å²) in [4.78, 5) is 54.3. The van der Waals surface area contributed by atoms with Gasteiger partial charge in [-0.3, -0.25) is 24.3 Å². The van der Waals surface area contributed by atoms with Gasteiger partial charge in [-0.25, -0.2) is 4.68 Å². The molecule has 0 atom stereocenters. The third-order valence-electron chi connectivity index (χ3n) is 5.54. The third kappa shape index (κ3) is 4.26. The maximum absolute atomic E-state index is 13.1. The molecule has 2 heterocycles. The van der Waals surface area contributed by atoms with Crippen molar-refractivity contribution in [3.8, 4) is 0 Å². The second-order valence-electron chi connectivity index (χ2n) is 7.73. The van der Waals surface area contributed by atoms with Gasteiger partial charge in [-0.15, -0.1) is 0 Å². The van der Waals surface area contributed by atoms with Crippen molar-refractivity contribution in [2.75, 3.05) is 14.2 Å². The van der Waals surface area contributed by atoms with Gasteiger partial charge >= 0.3 is 0 Å². The number of aromatic nitrogens is 3. The van der Waals surface area contributed by atoms with E-state index in [4.69, 9.17) is 21.1 Å². The van der Waals surface area contributed by atoms with E-state index in [0.717, 1.165) is 4.68 Å². The molecule has 0 aliphatic carbocycles. The van der Waals surface area contributed by atoms with Crippen molar-refractivity contribution in [2.45, 2.75) is 19.4 Å². The predicted octanol–water partition coefficient (Wildman–Crippen LogP) is 1.93. The van der Waals surface area contributed by atoms with E-state index in [-0.39, 0.29) is 28.4 Å². The van der Waals surface area contributed by atoms with Crippen molar-refractivity contribution < 1.29 is 14.3 Å². The summed E-state index contributed by atoms with van der Waals surface area (Å²) in [6.07, 6.45) is 0. The number of carbonyl (C=O) groups is 1. The van der Waals surface area contributed by atoms with Crippen molar-refractivity contribution in [1.82, 2.24) is 20.1 Å². The highest BCUT2D eigenvalue weighted by Gasteiger charge is 2.25. The summed E-state index contributed by atoms with van der Waals surface area (Å²) in [5.41, 5.74) is -0.831. The van der Waals surface area contributed by atoms with Crippen LogP contribution < -0.4 is 21.9 Å². The fourth-order valence-corrected chi connectivity index (χ4v) is 3.74. The number of H-pyrrole nitrogens is 2. The first-order valence-corrected chi connectivity index (χ1v) is 10.5. The number of methoxy groups -OCH3 is 2. The second-order valence-corrected chi connectivity index (χ2v) is 8.17. The molecular weight excluding hydrogens is 464 g/mol. The minimum absolute atomic E-state index is 0.0744. The summed E-state index contributed by atoms with van der Waals surface area (Å²) in [7, 11) is 2.78. The van der Waals surface area contributed by atoms with Crippen LogP contribution in [0, 0.1) is 0 Å². The summed E-state index contributed by atoms with van der Waals surface area (Å²) in [5.74, 6) is -1.78. The Balaban J connectivity index is 1.75. The number of halogens is 1. The summed E-state index contributed by atoms with van der Waals surface area (Å²) in [6.45, 7) is 1.47. The van der Waals surface area contributed by atoms with Gasteiger partial charge in [-0.2, -0.15) is 0 Å². The molecule has 0 saturated heterocycles. The Bertz CT molecular complexity index is 1600. The smallest absolute Gasteiger partial charge is 0.287 e. The summed E-state index contributed by atoms with van der Waals surface area (Å²) < 4.78 is 11.3. The molecule has 10 nitrogen and oxygen atoms in total. The van der Waals surface area contributed by atoms with Crippen LogP contribution in [0.1, 0.15) is 22.8 Å². The van der Waals surface area contributed by atoms with E-state index in [0.29, 0.717) is 16.1 Å². The van der Waals surface area contributed by atoms with Crippen molar-refractivity contribution >= 4 is 39.3 Å². The second kappa shape index (κ2) is 8.90. The number of fused-ring (bicyclic) bond motifs is 2. The first-order valence-electron chi connectivity index (χ1n) is 10.2. The number of aromatic amines is 2. The molecule has 2 aromatic carbocycles. The number of benzene rings is 2. The first kappa shape index (κ1) is 23.4. The van der Waals surface area contributed by atoms with Crippen LogP contribution in [0.4, 0.5) is 0 Å². The zero-order valence-corrected chi connectivity index (χ0v) is 19.3. The molecule has 11 heteroatoms. The fraction of sp³-hybridized carbons (Fsp3) is 0.217. The highest BCUT2D eigenvalue weighted by molar-refractivity contribution is 6.31. The number of hydrogen-bond donors (Lipinski definition) is 3. The summed E-state index contributed by atoms with van der Waals surface area (Å²) in [5, 5.41) is 5.45. The number of ether oxygens (including phenoxy) is 2. The molecular formula is C23H21ClN4O6. The molecule has 0 unspecified atom stereocenters. The van der Waals surface area contributed by atoms with Gasteiger partial charge in [0.25, 0.3) is 17.0 Å². The van der Waals surface area contributed by atoms with Crippen LogP contribution in [0.2, 0.25) is 5.02 Å². The van der Waals surface area contributed by atoms with E-state index in [9.17, 15) is 19.2 Å². The highest BCUT2D eigenvalue weighted by atomic mass is 35.5. The van der Waals surface area contributed by atoms with E-state index in [1.807, 2.05) is 0 Å². The lowest BCUT2D eigenvalue weighted by atomic mass is 10.1. The maximum atomic E-state index is 13.1. The van der Waals surface area contributed by atoms with Crippen LogP contribution in [0.15, 0.2) is 56.8 Å². The lowest BCUT2D eigenvalue weighted by Gasteiger charge is -2.27. The van der Waals surface area contributed by atoms with Gasteiger partial charge in [0.2, 0.25) is 11.3 Å². The molecule has 1 amide bonds. The van der Waals surface area contributed by atoms with Gasteiger partial charge in [0.15, 0.2) is 0 Å². The Morgan fingerprint density at radius 2 is 1.85 bits per heavy atom. The lowest BCUT2D eigenvalue weighted by Crippen LogP contribution is -2.49. The Labute approximate surface area is 197 Å². The van der Waals surface area contributed by atoms with Crippen LogP contribution in [-0.4, -0.2) is 40.8 Å². The topological polar surface area (TPSA) is 135 Å². The van der Waals surface area contributed by atoms with Gasteiger partial charge in [0, 0.05) is 37.1 Å². The largest absolute Gasteiger partial charge is 0.350 e. The fourth-order valence-electron chi connectivity index (χ4n) is 3.57. The monoisotopic (exact) mass is 484 g/mol. The minimum Gasteiger partial charge on any atom is -0.350 e. The summed E-state index contributed by atoms with van der Waals surface area (Å²) in [6, 6.07) is 11.0. The molecule has 0 saturated carbocycles. The molecule has 0 aliphatic heterocycles. The van der Waals surface area contributed by atoms with E-state index >= 15 is 0 Å². The molecule has 4 rings (SSSR count). The Hall–Kier alpha value is -3.73. The number of carbonyl (C=O) groups excluding carboxylic acids is 1. The van der Waals surface area contributed by atoms with Crippen LogP contribution in [0.25, 0.3) is 21.8 Å². The molecule has 0 fully saturated rings. The molecule has 3 N–H and O–H groups in total. The minimum atomic E-state index is -1.32. The van der Waals surface area contributed by atoms with Crippen LogP contribution >= 0.6 is 11.6 Å². The molecule has 176 valence electrons. The molecule has 0 spiro atoms.